The van der Waals surface area contributed by atoms with Crippen LogP contribution >= 0.6 is 0 Å². The quantitative estimate of drug-likeness (QED) is 0.942. The standard InChI is InChI=1S/C19H22N2O2/c1-21-11-5-7-14-12-16(9-10-17(14)21)20-19(22)13-15-6-3-4-8-18(15)23-2/h3-4,6,8-10,12H,5,7,11,13H2,1-2H3,(H,20,22). The van der Waals surface area contributed by atoms with Crippen molar-refractivity contribution >= 4 is 17.3 Å². The third-order valence-corrected chi connectivity index (χ3v) is 4.26. The van der Waals surface area contributed by atoms with E-state index in [1.165, 1.54) is 11.3 Å². The third-order valence-electron chi connectivity index (χ3n) is 4.26. The van der Waals surface area contributed by atoms with Gasteiger partial charge in [0.15, 0.2) is 0 Å². The largest absolute Gasteiger partial charge is 0.496 e. The number of nitrogens with zero attached hydrogens (tertiary/aromatic N) is 1. The number of nitrogens with one attached hydrogen (secondary N) is 1. The van der Waals surface area contributed by atoms with E-state index in [1.54, 1.807) is 7.11 Å². The minimum atomic E-state index is -0.0291. The lowest BCUT2D eigenvalue weighted by Gasteiger charge is -2.27. The van der Waals surface area contributed by atoms with E-state index in [4.69, 9.17) is 4.74 Å². The first-order valence-electron chi connectivity index (χ1n) is 7.93. The number of aryl methyl sites for hydroxylation is 1. The van der Waals surface area contributed by atoms with Crippen molar-refractivity contribution in [3.05, 3.63) is 53.6 Å². The second kappa shape index (κ2) is 6.73. The molecule has 4 heteroatoms. The first kappa shape index (κ1) is 15.4. The fourth-order valence-electron chi connectivity index (χ4n) is 3.09. The first-order valence-corrected chi connectivity index (χ1v) is 7.93. The molecule has 2 aromatic rings. The molecule has 0 fully saturated rings. The Bertz CT molecular complexity index is 712. The summed E-state index contributed by atoms with van der Waals surface area (Å²) in [5.74, 6) is 0.716. The maximum atomic E-state index is 12.3. The number of benzene rings is 2. The van der Waals surface area contributed by atoms with E-state index in [0.29, 0.717) is 6.42 Å². The van der Waals surface area contributed by atoms with Crippen LogP contribution in [0, 0.1) is 0 Å². The van der Waals surface area contributed by atoms with Gasteiger partial charge in [-0.05, 0) is 42.7 Å². The maximum Gasteiger partial charge on any atom is 0.228 e. The van der Waals surface area contributed by atoms with Gasteiger partial charge in [0.05, 0.1) is 13.5 Å². The summed E-state index contributed by atoms with van der Waals surface area (Å²) in [5, 5.41) is 2.99. The van der Waals surface area contributed by atoms with Crippen LogP contribution in [-0.4, -0.2) is 26.6 Å². The van der Waals surface area contributed by atoms with Crippen molar-refractivity contribution in [3.8, 4) is 5.75 Å². The highest BCUT2D eigenvalue weighted by atomic mass is 16.5. The summed E-state index contributed by atoms with van der Waals surface area (Å²) < 4.78 is 5.30. The fraction of sp³-hybridized carbons (Fsp3) is 0.316. The zero-order valence-corrected chi connectivity index (χ0v) is 13.6. The van der Waals surface area contributed by atoms with Crippen LogP contribution in [0.4, 0.5) is 11.4 Å². The van der Waals surface area contributed by atoms with Crippen molar-refractivity contribution in [1.29, 1.82) is 0 Å². The molecule has 1 N–H and O–H groups in total. The van der Waals surface area contributed by atoms with Crippen LogP contribution < -0.4 is 15.0 Å². The number of rotatable bonds is 4. The Morgan fingerprint density at radius 3 is 2.91 bits per heavy atom. The smallest absolute Gasteiger partial charge is 0.228 e. The number of hydrogen-bond donors (Lipinski definition) is 1. The molecule has 1 heterocycles. The SMILES string of the molecule is COc1ccccc1CC(=O)Nc1ccc2c(c1)CCCN2C. The summed E-state index contributed by atoms with van der Waals surface area (Å²) in [4.78, 5) is 14.6. The number of fused-ring (bicyclic) bond motifs is 1. The number of ether oxygens (including phenoxy) is 1. The number of carbonyl (C=O) groups is 1. The second-order valence-corrected chi connectivity index (χ2v) is 5.91. The molecule has 1 amide bonds. The van der Waals surface area contributed by atoms with Crippen molar-refractivity contribution in [2.75, 3.05) is 30.9 Å². The number of carbonyl (C=O) groups excluding carboxylic acids is 1. The number of hydrogen-bond acceptors (Lipinski definition) is 3. The highest BCUT2D eigenvalue weighted by Crippen LogP contribution is 2.28. The third kappa shape index (κ3) is 3.47. The Hall–Kier alpha value is -2.49. The lowest BCUT2D eigenvalue weighted by molar-refractivity contribution is -0.115. The zero-order chi connectivity index (χ0) is 16.2. The van der Waals surface area contributed by atoms with Crippen molar-refractivity contribution < 1.29 is 9.53 Å². The molecule has 23 heavy (non-hydrogen) atoms. The summed E-state index contributed by atoms with van der Waals surface area (Å²) >= 11 is 0. The highest BCUT2D eigenvalue weighted by molar-refractivity contribution is 5.93. The Morgan fingerprint density at radius 1 is 1.26 bits per heavy atom. The summed E-state index contributed by atoms with van der Waals surface area (Å²) in [6.07, 6.45) is 2.53. The van der Waals surface area contributed by atoms with Crippen LogP contribution in [-0.2, 0) is 17.6 Å². The number of methoxy groups -OCH3 is 1. The van der Waals surface area contributed by atoms with Gasteiger partial charge in [0.1, 0.15) is 5.75 Å². The summed E-state index contributed by atoms with van der Waals surface area (Å²) in [7, 11) is 3.73. The van der Waals surface area contributed by atoms with E-state index in [1.807, 2.05) is 30.3 Å². The maximum absolute atomic E-state index is 12.3. The minimum Gasteiger partial charge on any atom is -0.496 e. The molecule has 0 aromatic heterocycles. The van der Waals surface area contributed by atoms with Gasteiger partial charge in [-0.15, -0.1) is 0 Å². The van der Waals surface area contributed by atoms with E-state index in [9.17, 15) is 4.79 Å². The van der Waals surface area contributed by atoms with Crippen molar-refractivity contribution in [2.24, 2.45) is 0 Å². The highest BCUT2D eigenvalue weighted by Gasteiger charge is 2.15. The summed E-state index contributed by atoms with van der Waals surface area (Å²) in [6, 6.07) is 13.8. The molecule has 0 saturated heterocycles. The normalized spacial score (nSPS) is 13.4. The van der Waals surface area contributed by atoms with Crippen molar-refractivity contribution in [3.63, 3.8) is 0 Å². The Kier molecular flexibility index (Phi) is 4.51. The van der Waals surface area contributed by atoms with E-state index in [-0.39, 0.29) is 5.91 Å². The first-order chi connectivity index (χ1) is 11.2. The summed E-state index contributed by atoms with van der Waals surface area (Å²) in [6.45, 7) is 1.09. The molecule has 1 aliphatic heterocycles. The predicted molar refractivity (Wildman–Crippen MR) is 93.4 cm³/mol. The van der Waals surface area contributed by atoms with Gasteiger partial charge in [-0.3, -0.25) is 4.79 Å². The molecule has 2 aromatic carbocycles. The molecule has 0 spiro atoms. The molecule has 1 aliphatic rings. The van der Waals surface area contributed by atoms with Gasteiger partial charge in [0.25, 0.3) is 0 Å². The predicted octanol–water partition coefficient (Wildman–Crippen LogP) is 3.26. The number of para-hydroxylation sites is 1. The monoisotopic (exact) mass is 310 g/mol. The fourth-order valence-corrected chi connectivity index (χ4v) is 3.09. The lowest BCUT2D eigenvalue weighted by Crippen LogP contribution is -2.24. The molecular formula is C19H22N2O2. The van der Waals surface area contributed by atoms with Crippen LogP contribution in [0.15, 0.2) is 42.5 Å². The minimum absolute atomic E-state index is 0.0291. The van der Waals surface area contributed by atoms with Gasteiger partial charge in [-0.25, -0.2) is 0 Å². The Morgan fingerprint density at radius 2 is 2.09 bits per heavy atom. The Labute approximate surface area is 137 Å². The van der Waals surface area contributed by atoms with Crippen LogP contribution in [0.2, 0.25) is 0 Å². The summed E-state index contributed by atoms with van der Waals surface area (Å²) in [5.41, 5.74) is 4.32. The van der Waals surface area contributed by atoms with Crippen LogP contribution in [0.5, 0.6) is 5.75 Å². The van der Waals surface area contributed by atoms with Crippen LogP contribution in [0.1, 0.15) is 17.5 Å². The van der Waals surface area contributed by atoms with Gasteiger partial charge >= 0.3 is 0 Å². The molecule has 0 saturated carbocycles. The Balaban J connectivity index is 1.71. The van der Waals surface area contributed by atoms with E-state index >= 15 is 0 Å². The molecule has 0 radical (unpaired) electrons. The average Bonchev–Trinajstić information content (AvgIpc) is 2.55. The molecule has 0 atom stereocenters. The van der Waals surface area contributed by atoms with Gasteiger partial charge in [0.2, 0.25) is 5.91 Å². The molecule has 0 aliphatic carbocycles. The van der Waals surface area contributed by atoms with Crippen molar-refractivity contribution in [2.45, 2.75) is 19.3 Å². The molecule has 4 nitrogen and oxygen atoms in total. The average molecular weight is 310 g/mol. The van der Waals surface area contributed by atoms with E-state index in [0.717, 1.165) is 36.4 Å². The van der Waals surface area contributed by atoms with Gasteiger partial charge in [-0.1, -0.05) is 18.2 Å². The molecular weight excluding hydrogens is 288 g/mol. The van der Waals surface area contributed by atoms with Gasteiger partial charge < -0.3 is 15.0 Å². The second-order valence-electron chi connectivity index (χ2n) is 5.91. The molecule has 120 valence electrons. The van der Waals surface area contributed by atoms with Gasteiger partial charge in [-0.2, -0.15) is 0 Å². The van der Waals surface area contributed by atoms with E-state index < -0.39 is 0 Å². The van der Waals surface area contributed by atoms with Crippen LogP contribution in [0.3, 0.4) is 0 Å². The van der Waals surface area contributed by atoms with Crippen LogP contribution in [0.25, 0.3) is 0 Å². The number of anilines is 2. The molecule has 0 bridgehead atoms. The lowest BCUT2D eigenvalue weighted by atomic mass is 10.0. The molecule has 0 unspecified atom stereocenters. The van der Waals surface area contributed by atoms with Crippen molar-refractivity contribution in [1.82, 2.24) is 0 Å². The number of amides is 1. The zero-order valence-electron chi connectivity index (χ0n) is 13.6. The molecule has 3 rings (SSSR count). The van der Waals surface area contributed by atoms with E-state index in [2.05, 4.69) is 29.4 Å². The van der Waals surface area contributed by atoms with Gasteiger partial charge in [0, 0.05) is 30.5 Å². The topological polar surface area (TPSA) is 41.6 Å².